The minimum absolute atomic E-state index is 0.0730. The summed E-state index contributed by atoms with van der Waals surface area (Å²) in [6, 6.07) is 17.7. The number of hydrogen-bond donors (Lipinski definition) is 1. The molecule has 0 atom stereocenters. The molecule has 2 aromatic rings. The number of nitrogens with zero attached hydrogens (tertiary/aromatic N) is 3. The fraction of sp³-hybridized carbons (Fsp3) is 0.364. The summed E-state index contributed by atoms with van der Waals surface area (Å²) in [5.74, 6) is 0.0730. The summed E-state index contributed by atoms with van der Waals surface area (Å²) in [5.41, 5.74) is 3.25. The number of nitrogens with one attached hydrogen (secondary N) is 1. The molecule has 0 spiro atoms. The van der Waals surface area contributed by atoms with Crippen LogP contribution in [0.4, 0.5) is 11.4 Å². The second-order valence-electron chi connectivity index (χ2n) is 7.13. The second kappa shape index (κ2) is 9.59. The molecule has 0 saturated carbocycles. The van der Waals surface area contributed by atoms with Gasteiger partial charge >= 0.3 is 0 Å². The first kappa shape index (κ1) is 20.2. The molecule has 2 aromatic carbocycles. The van der Waals surface area contributed by atoms with Gasteiger partial charge in [-0.1, -0.05) is 35.9 Å². The van der Waals surface area contributed by atoms with Crippen molar-refractivity contribution >= 4 is 28.9 Å². The van der Waals surface area contributed by atoms with E-state index in [1.165, 1.54) is 16.2 Å². The van der Waals surface area contributed by atoms with Crippen LogP contribution < -0.4 is 14.7 Å². The Morgan fingerprint density at radius 3 is 2.61 bits per heavy atom. The Balaban J connectivity index is 1.60. The molecule has 5 nitrogen and oxygen atoms in total. The third-order valence-electron chi connectivity index (χ3n) is 5.20. The molecule has 28 heavy (non-hydrogen) atoms. The van der Waals surface area contributed by atoms with Gasteiger partial charge in [0, 0.05) is 22.9 Å². The summed E-state index contributed by atoms with van der Waals surface area (Å²) in [5, 5.41) is 9.69. The summed E-state index contributed by atoms with van der Waals surface area (Å²) in [7, 11) is 0. The van der Waals surface area contributed by atoms with E-state index in [2.05, 4.69) is 17.9 Å². The van der Waals surface area contributed by atoms with Gasteiger partial charge in [-0.3, -0.25) is 4.79 Å². The van der Waals surface area contributed by atoms with Crippen LogP contribution in [-0.2, 0) is 4.79 Å². The predicted molar refractivity (Wildman–Crippen MR) is 113 cm³/mol. The average Bonchev–Trinajstić information content (AvgIpc) is 2.71. The van der Waals surface area contributed by atoms with Gasteiger partial charge in [-0.2, -0.15) is 5.26 Å². The Hall–Kier alpha value is -2.55. The number of rotatable bonds is 6. The van der Waals surface area contributed by atoms with Gasteiger partial charge in [-0.05, 0) is 36.8 Å². The van der Waals surface area contributed by atoms with E-state index in [0.717, 1.165) is 36.9 Å². The molecule has 1 N–H and O–H groups in total. The minimum Gasteiger partial charge on any atom is -0.360 e. The highest BCUT2D eigenvalue weighted by molar-refractivity contribution is 6.30. The lowest BCUT2D eigenvalue weighted by atomic mass is 10.1. The summed E-state index contributed by atoms with van der Waals surface area (Å²) in [4.78, 5) is 18.3. The molecule has 1 saturated heterocycles. The van der Waals surface area contributed by atoms with E-state index in [9.17, 15) is 4.79 Å². The highest BCUT2D eigenvalue weighted by Crippen LogP contribution is 2.24. The number of carbonyl (C=O) groups excluding carboxylic acids is 1. The molecule has 1 aliphatic rings. The number of anilines is 2. The molecule has 0 bridgehead atoms. The van der Waals surface area contributed by atoms with Crippen LogP contribution in [0.15, 0.2) is 48.5 Å². The van der Waals surface area contributed by atoms with Gasteiger partial charge in [0.2, 0.25) is 0 Å². The van der Waals surface area contributed by atoms with Crippen molar-refractivity contribution in [3.8, 4) is 6.07 Å². The normalized spacial score (nSPS) is 14.5. The smallest absolute Gasteiger partial charge is 0.282 e. The van der Waals surface area contributed by atoms with Gasteiger partial charge in [0.1, 0.15) is 0 Å². The van der Waals surface area contributed by atoms with Crippen LogP contribution in [0, 0.1) is 18.3 Å². The van der Waals surface area contributed by atoms with E-state index in [1.807, 2.05) is 48.5 Å². The number of hydrogen-bond acceptors (Lipinski definition) is 3. The maximum atomic E-state index is 12.9. The van der Waals surface area contributed by atoms with Gasteiger partial charge in [0.15, 0.2) is 6.54 Å². The molecule has 0 aliphatic carbocycles. The van der Waals surface area contributed by atoms with Gasteiger partial charge in [-0.15, -0.1) is 0 Å². The minimum atomic E-state index is 0.0730. The van der Waals surface area contributed by atoms with Crippen LogP contribution in [0.25, 0.3) is 0 Å². The second-order valence-corrected chi connectivity index (χ2v) is 7.57. The standard InChI is InChI=1S/C22H25ClN4O/c1-18-8-9-19(23)16-21(18)26-14-12-25(13-15-26)17-22(28)27(11-5-10-24)20-6-3-2-4-7-20/h2-4,6-9,16H,5,11-15,17H2,1H3/p+1. The molecule has 0 unspecified atom stereocenters. The predicted octanol–water partition coefficient (Wildman–Crippen LogP) is 2.30. The summed E-state index contributed by atoms with van der Waals surface area (Å²) < 4.78 is 0. The molecule has 146 valence electrons. The highest BCUT2D eigenvalue weighted by atomic mass is 35.5. The van der Waals surface area contributed by atoms with E-state index in [-0.39, 0.29) is 5.91 Å². The number of amides is 1. The zero-order chi connectivity index (χ0) is 19.9. The maximum Gasteiger partial charge on any atom is 0.282 e. The molecule has 1 fully saturated rings. The van der Waals surface area contributed by atoms with E-state index in [1.54, 1.807) is 4.90 Å². The lowest BCUT2D eigenvalue weighted by Gasteiger charge is -2.35. The maximum absolute atomic E-state index is 12.9. The summed E-state index contributed by atoms with van der Waals surface area (Å²) in [6.07, 6.45) is 0.331. The first-order valence-electron chi connectivity index (χ1n) is 9.65. The molecule has 1 heterocycles. The highest BCUT2D eigenvalue weighted by Gasteiger charge is 2.26. The monoisotopic (exact) mass is 397 g/mol. The third kappa shape index (κ3) is 5.03. The lowest BCUT2D eigenvalue weighted by molar-refractivity contribution is -0.892. The Morgan fingerprint density at radius 2 is 1.93 bits per heavy atom. The van der Waals surface area contributed by atoms with Crippen molar-refractivity contribution in [3.63, 3.8) is 0 Å². The summed E-state index contributed by atoms with van der Waals surface area (Å²) in [6.45, 7) is 6.57. The molecule has 1 amide bonds. The first-order valence-corrected chi connectivity index (χ1v) is 10.0. The van der Waals surface area contributed by atoms with Gasteiger partial charge < -0.3 is 14.7 Å². The lowest BCUT2D eigenvalue weighted by Crippen LogP contribution is -3.16. The Kier molecular flexibility index (Phi) is 6.91. The fourth-order valence-corrected chi connectivity index (χ4v) is 3.81. The number of piperazine rings is 1. The quantitative estimate of drug-likeness (QED) is 0.813. The van der Waals surface area contributed by atoms with Gasteiger partial charge in [-0.25, -0.2) is 0 Å². The zero-order valence-electron chi connectivity index (χ0n) is 16.2. The van der Waals surface area contributed by atoms with Crippen LogP contribution in [0.1, 0.15) is 12.0 Å². The molecule has 6 heteroatoms. The molecule has 1 aliphatic heterocycles. The Bertz CT molecular complexity index is 841. The van der Waals surface area contributed by atoms with Crippen LogP contribution >= 0.6 is 11.6 Å². The Labute approximate surface area is 171 Å². The number of quaternary nitrogens is 1. The average molecular weight is 398 g/mol. The van der Waals surface area contributed by atoms with E-state index in [0.29, 0.717) is 19.5 Å². The van der Waals surface area contributed by atoms with E-state index < -0.39 is 0 Å². The number of aryl methyl sites for hydroxylation is 1. The van der Waals surface area contributed by atoms with E-state index in [4.69, 9.17) is 16.9 Å². The van der Waals surface area contributed by atoms with Crippen molar-refractivity contribution in [1.82, 2.24) is 0 Å². The van der Waals surface area contributed by atoms with Crippen molar-refractivity contribution < 1.29 is 9.69 Å². The van der Waals surface area contributed by atoms with Crippen LogP contribution in [0.5, 0.6) is 0 Å². The van der Waals surface area contributed by atoms with Crippen molar-refractivity contribution in [2.75, 3.05) is 49.1 Å². The van der Waals surface area contributed by atoms with Crippen LogP contribution in [0.2, 0.25) is 5.02 Å². The number of carbonyl (C=O) groups is 1. The van der Waals surface area contributed by atoms with E-state index >= 15 is 0 Å². The van der Waals surface area contributed by atoms with Gasteiger partial charge in [0.05, 0.1) is 38.7 Å². The number of nitriles is 1. The zero-order valence-corrected chi connectivity index (χ0v) is 17.0. The van der Waals surface area contributed by atoms with Crippen molar-refractivity contribution in [3.05, 3.63) is 59.1 Å². The molecule has 3 rings (SSSR count). The van der Waals surface area contributed by atoms with Crippen LogP contribution in [-0.4, -0.2) is 45.2 Å². The van der Waals surface area contributed by atoms with Crippen molar-refractivity contribution in [1.29, 1.82) is 5.26 Å². The number of benzene rings is 2. The SMILES string of the molecule is Cc1ccc(Cl)cc1N1CC[NH+](CC(=O)N(CCC#N)c2ccccc2)CC1. The fourth-order valence-electron chi connectivity index (χ4n) is 3.64. The first-order chi connectivity index (χ1) is 13.6. The topological polar surface area (TPSA) is 51.8 Å². The van der Waals surface area contributed by atoms with Crippen molar-refractivity contribution in [2.45, 2.75) is 13.3 Å². The number of para-hydroxylation sites is 1. The molecular weight excluding hydrogens is 372 g/mol. The molecular formula is C22H26ClN4O+. The largest absolute Gasteiger partial charge is 0.360 e. The number of halogens is 1. The van der Waals surface area contributed by atoms with Gasteiger partial charge in [0.25, 0.3) is 5.91 Å². The summed E-state index contributed by atoms with van der Waals surface area (Å²) >= 11 is 6.16. The van der Waals surface area contributed by atoms with Crippen LogP contribution in [0.3, 0.4) is 0 Å². The Morgan fingerprint density at radius 1 is 1.21 bits per heavy atom. The third-order valence-corrected chi connectivity index (χ3v) is 5.43. The van der Waals surface area contributed by atoms with Crippen molar-refractivity contribution in [2.24, 2.45) is 0 Å². The molecule has 0 aromatic heterocycles. The molecule has 0 radical (unpaired) electrons.